The summed E-state index contributed by atoms with van der Waals surface area (Å²) in [5.74, 6) is 1.42. The van der Waals surface area contributed by atoms with Gasteiger partial charge in [-0.2, -0.15) is 12.6 Å². The predicted molar refractivity (Wildman–Crippen MR) is 57.1 cm³/mol. The minimum Gasteiger partial charge on any atom is -0.494 e. The van der Waals surface area contributed by atoms with E-state index in [1.165, 1.54) is 12.1 Å². The summed E-state index contributed by atoms with van der Waals surface area (Å²) in [6, 6.07) is 6.04. The summed E-state index contributed by atoms with van der Waals surface area (Å²) < 4.78 is 5.31. The van der Waals surface area contributed by atoms with Crippen LogP contribution >= 0.6 is 12.6 Å². The van der Waals surface area contributed by atoms with Gasteiger partial charge in [-0.15, -0.1) is 0 Å². The van der Waals surface area contributed by atoms with Crippen molar-refractivity contribution in [2.45, 2.75) is 6.42 Å². The molecule has 0 aliphatic rings. The van der Waals surface area contributed by atoms with Gasteiger partial charge in [-0.1, -0.05) is 0 Å². The predicted octanol–water partition coefficient (Wildman–Crippen LogP) is 2.29. The van der Waals surface area contributed by atoms with E-state index in [1.54, 1.807) is 12.1 Å². The maximum Gasteiger partial charge on any atom is 0.269 e. The zero-order valence-electron chi connectivity index (χ0n) is 7.55. The molecular weight excluding hydrogens is 202 g/mol. The van der Waals surface area contributed by atoms with E-state index in [1.807, 2.05) is 0 Å². The first-order valence-corrected chi connectivity index (χ1v) is 4.85. The molecule has 0 atom stereocenters. The average Bonchev–Trinajstić information content (AvgIpc) is 2.19. The van der Waals surface area contributed by atoms with E-state index in [9.17, 15) is 10.1 Å². The fourth-order valence-corrected chi connectivity index (χ4v) is 1.05. The van der Waals surface area contributed by atoms with Crippen LogP contribution in [0.15, 0.2) is 24.3 Å². The van der Waals surface area contributed by atoms with Crippen molar-refractivity contribution in [1.82, 2.24) is 0 Å². The molecule has 76 valence electrons. The fourth-order valence-electron chi connectivity index (χ4n) is 0.919. The summed E-state index contributed by atoms with van der Waals surface area (Å²) in [4.78, 5) is 9.89. The SMILES string of the molecule is O=[N+]([O-])c1ccc(OCCCS)cc1. The molecule has 0 aliphatic heterocycles. The molecule has 0 N–H and O–H groups in total. The molecule has 1 aromatic rings. The zero-order chi connectivity index (χ0) is 10.4. The molecule has 0 fully saturated rings. The first kappa shape index (κ1) is 10.8. The van der Waals surface area contributed by atoms with Crippen molar-refractivity contribution >= 4 is 18.3 Å². The van der Waals surface area contributed by atoms with Crippen LogP contribution in [-0.2, 0) is 0 Å². The number of non-ortho nitro benzene ring substituents is 1. The number of rotatable bonds is 5. The molecule has 0 heterocycles. The lowest BCUT2D eigenvalue weighted by Crippen LogP contribution is -1.97. The van der Waals surface area contributed by atoms with Crippen LogP contribution in [0.4, 0.5) is 5.69 Å². The fraction of sp³-hybridized carbons (Fsp3) is 0.333. The number of nitro benzene ring substituents is 1. The summed E-state index contributed by atoms with van der Waals surface area (Å²) >= 11 is 4.04. The summed E-state index contributed by atoms with van der Waals surface area (Å²) in [7, 11) is 0. The molecule has 0 saturated heterocycles. The van der Waals surface area contributed by atoms with Gasteiger partial charge in [0.1, 0.15) is 5.75 Å². The Morgan fingerprint density at radius 3 is 2.50 bits per heavy atom. The topological polar surface area (TPSA) is 52.4 Å². The number of hydrogen-bond acceptors (Lipinski definition) is 4. The van der Waals surface area contributed by atoms with Gasteiger partial charge in [-0.05, 0) is 24.3 Å². The van der Waals surface area contributed by atoms with Gasteiger partial charge in [0.05, 0.1) is 11.5 Å². The summed E-state index contributed by atoms with van der Waals surface area (Å²) in [5.41, 5.74) is 0.0755. The van der Waals surface area contributed by atoms with Gasteiger partial charge in [0.25, 0.3) is 5.69 Å². The van der Waals surface area contributed by atoms with Gasteiger partial charge in [-0.25, -0.2) is 0 Å². The third kappa shape index (κ3) is 3.26. The van der Waals surface area contributed by atoms with Gasteiger partial charge < -0.3 is 4.74 Å². The molecule has 0 bridgehead atoms. The largest absolute Gasteiger partial charge is 0.494 e. The second-order valence-corrected chi connectivity index (χ2v) is 3.12. The van der Waals surface area contributed by atoms with Crippen molar-refractivity contribution in [3.8, 4) is 5.75 Å². The van der Waals surface area contributed by atoms with Crippen LogP contribution in [-0.4, -0.2) is 17.3 Å². The quantitative estimate of drug-likeness (QED) is 0.353. The van der Waals surface area contributed by atoms with Gasteiger partial charge in [0.2, 0.25) is 0 Å². The van der Waals surface area contributed by atoms with Crippen LogP contribution in [0.1, 0.15) is 6.42 Å². The normalized spacial score (nSPS) is 9.79. The summed E-state index contributed by atoms with van der Waals surface area (Å²) in [5, 5.41) is 10.3. The van der Waals surface area contributed by atoms with Crippen LogP contribution in [0.25, 0.3) is 0 Å². The summed E-state index contributed by atoms with van der Waals surface area (Å²) in [6.45, 7) is 0.585. The monoisotopic (exact) mass is 213 g/mol. The molecule has 0 amide bonds. The first-order valence-electron chi connectivity index (χ1n) is 4.22. The molecule has 14 heavy (non-hydrogen) atoms. The van der Waals surface area contributed by atoms with E-state index in [-0.39, 0.29) is 5.69 Å². The smallest absolute Gasteiger partial charge is 0.269 e. The molecule has 1 aromatic carbocycles. The second-order valence-electron chi connectivity index (χ2n) is 2.68. The van der Waals surface area contributed by atoms with Crippen molar-refractivity contribution < 1.29 is 9.66 Å². The third-order valence-electron chi connectivity index (χ3n) is 1.62. The van der Waals surface area contributed by atoms with E-state index < -0.39 is 4.92 Å². The van der Waals surface area contributed by atoms with Crippen LogP contribution in [0.3, 0.4) is 0 Å². The standard InChI is InChI=1S/C9H11NO3S/c11-10(12)8-2-4-9(5-3-8)13-6-1-7-14/h2-5,14H,1,6-7H2. The lowest BCUT2D eigenvalue weighted by atomic mass is 10.3. The Labute approximate surface area is 87.4 Å². The molecule has 5 heteroatoms. The summed E-state index contributed by atoms with van der Waals surface area (Å²) in [6.07, 6.45) is 0.861. The average molecular weight is 213 g/mol. The Bertz CT molecular complexity index is 299. The van der Waals surface area contributed by atoms with Crippen molar-refractivity contribution in [3.05, 3.63) is 34.4 Å². The van der Waals surface area contributed by atoms with Gasteiger partial charge in [0, 0.05) is 12.1 Å². The minimum atomic E-state index is -0.433. The maximum absolute atomic E-state index is 10.3. The number of nitro groups is 1. The molecule has 0 aromatic heterocycles. The van der Waals surface area contributed by atoms with E-state index in [4.69, 9.17) is 4.74 Å². The van der Waals surface area contributed by atoms with Gasteiger partial charge in [0.15, 0.2) is 0 Å². The molecule has 0 spiro atoms. The number of nitrogens with zero attached hydrogens (tertiary/aromatic N) is 1. The zero-order valence-corrected chi connectivity index (χ0v) is 8.44. The minimum absolute atomic E-state index is 0.0755. The highest BCUT2D eigenvalue weighted by Gasteiger charge is 2.03. The van der Waals surface area contributed by atoms with Crippen LogP contribution < -0.4 is 4.74 Å². The van der Waals surface area contributed by atoms with E-state index in [0.29, 0.717) is 12.4 Å². The lowest BCUT2D eigenvalue weighted by molar-refractivity contribution is -0.384. The highest BCUT2D eigenvalue weighted by molar-refractivity contribution is 7.80. The van der Waals surface area contributed by atoms with Crippen molar-refractivity contribution in [2.75, 3.05) is 12.4 Å². The highest BCUT2D eigenvalue weighted by Crippen LogP contribution is 2.17. The maximum atomic E-state index is 10.3. The Hall–Kier alpha value is -1.23. The van der Waals surface area contributed by atoms with E-state index in [0.717, 1.165) is 12.2 Å². The van der Waals surface area contributed by atoms with Crippen LogP contribution in [0, 0.1) is 10.1 Å². The van der Waals surface area contributed by atoms with E-state index >= 15 is 0 Å². The van der Waals surface area contributed by atoms with Crippen molar-refractivity contribution in [1.29, 1.82) is 0 Å². The van der Waals surface area contributed by atoms with Crippen LogP contribution in [0.5, 0.6) is 5.75 Å². The molecule has 0 unspecified atom stereocenters. The number of benzene rings is 1. The molecule has 0 radical (unpaired) electrons. The molecule has 0 aliphatic carbocycles. The lowest BCUT2D eigenvalue weighted by Gasteiger charge is -2.03. The third-order valence-corrected chi connectivity index (χ3v) is 1.93. The van der Waals surface area contributed by atoms with Crippen molar-refractivity contribution in [2.24, 2.45) is 0 Å². The second kappa shape index (κ2) is 5.49. The Balaban J connectivity index is 2.51. The Morgan fingerprint density at radius 1 is 1.36 bits per heavy atom. The Kier molecular flexibility index (Phi) is 4.25. The Morgan fingerprint density at radius 2 is 2.00 bits per heavy atom. The van der Waals surface area contributed by atoms with Crippen molar-refractivity contribution in [3.63, 3.8) is 0 Å². The van der Waals surface area contributed by atoms with Crippen LogP contribution in [0.2, 0.25) is 0 Å². The van der Waals surface area contributed by atoms with Gasteiger partial charge in [-0.3, -0.25) is 10.1 Å². The number of ether oxygens (including phenoxy) is 1. The molecule has 4 nitrogen and oxygen atoms in total. The first-order chi connectivity index (χ1) is 6.74. The van der Waals surface area contributed by atoms with Gasteiger partial charge >= 0.3 is 0 Å². The molecule has 1 rings (SSSR count). The number of thiol groups is 1. The highest BCUT2D eigenvalue weighted by atomic mass is 32.1. The number of hydrogen-bond donors (Lipinski definition) is 1. The van der Waals surface area contributed by atoms with E-state index in [2.05, 4.69) is 12.6 Å². The molecular formula is C9H11NO3S. The molecule has 0 saturated carbocycles.